The van der Waals surface area contributed by atoms with Crippen LogP contribution in [0.25, 0.3) is 11.3 Å². The van der Waals surface area contributed by atoms with E-state index in [0.717, 1.165) is 0 Å². The molecule has 0 amide bonds. The second-order valence-corrected chi connectivity index (χ2v) is 4.90. The molecule has 0 spiro atoms. The molecule has 18 heavy (non-hydrogen) atoms. The topological polar surface area (TPSA) is 91.0 Å². The molecule has 1 N–H and O–H groups in total. The summed E-state index contributed by atoms with van der Waals surface area (Å²) in [7, 11) is -4.32. The molecule has 5 nitrogen and oxygen atoms in total. The molecule has 0 bridgehead atoms. The number of hydrogen-bond acceptors (Lipinski definition) is 4. The zero-order chi connectivity index (χ0) is 13.2. The number of pyridine rings is 1. The molecule has 0 saturated carbocycles. The van der Waals surface area contributed by atoms with Gasteiger partial charge in [0.15, 0.2) is 0 Å². The van der Waals surface area contributed by atoms with Gasteiger partial charge in [0, 0.05) is 11.8 Å². The van der Waals surface area contributed by atoms with Gasteiger partial charge >= 0.3 is 0 Å². The number of nitriles is 1. The van der Waals surface area contributed by atoms with E-state index >= 15 is 0 Å². The van der Waals surface area contributed by atoms with E-state index in [1.54, 1.807) is 24.3 Å². The molecule has 2 rings (SSSR count). The quantitative estimate of drug-likeness (QED) is 0.832. The lowest BCUT2D eigenvalue weighted by molar-refractivity contribution is 0.483. The molecule has 0 aliphatic carbocycles. The van der Waals surface area contributed by atoms with Gasteiger partial charge in [0.2, 0.25) is 0 Å². The van der Waals surface area contributed by atoms with Crippen LogP contribution in [-0.2, 0) is 10.1 Å². The van der Waals surface area contributed by atoms with Crippen LogP contribution in [0.4, 0.5) is 0 Å². The molecular weight excluding hydrogens is 252 g/mol. The van der Waals surface area contributed by atoms with Gasteiger partial charge in [-0.3, -0.25) is 9.54 Å². The fourth-order valence-electron chi connectivity index (χ4n) is 1.52. The van der Waals surface area contributed by atoms with E-state index < -0.39 is 10.1 Å². The Morgan fingerprint density at radius 3 is 2.39 bits per heavy atom. The Balaban J connectivity index is 2.61. The minimum atomic E-state index is -4.32. The number of aromatic nitrogens is 1. The van der Waals surface area contributed by atoms with Crippen molar-refractivity contribution in [1.82, 2.24) is 4.98 Å². The SMILES string of the molecule is N#Cc1ccc(-c2ncccc2S(=O)(=O)O)cc1. The lowest BCUT2D eigenvalue weighted by Crippen LogP contribution is -2.02. The van der Waals surface area contributed by atoms with Gasteiger partial charge in [0.25, 0.3) is 10.1 Å². The second kappa shape index (κ2) is 4.56. The molecule has 1 heterocycles. The maximum absolute atomic E-state index is 11.2. The summed E-state index contributed by atoms with van der Waals surface area (Å²) in [5.41, 5.74) is 1.13. The summed E-state index contributed by atoms with van der Waals surface area (Å²) in [6.07, 6.45) is 1.43. The van der Waals surface area contributed by atoms with E-state index in [0.29, 0.717) is 11.1 Å². The van der Waals surface area contributed by atoms with E-state index in [9.17, 15) is 8.42 Å². The Bertz CT molecular complexity index is 716. The van der Waals surface area contributed by atoms with E-state index in [1.165, 1.54) is 18.3 Å². The molecule has 0 atom stereocenters. The molecule has 0 aliphatic heterocycles. The van der Waals surface area contributed by atoms with Crippen LogP contribution in [-0.4, -0.2) is 18.0 Å². The highest BCUT2D eigenvalue weighted by Crippen LogP contribution is 2.24. The summed E-state index contributed by atoms with van der Waals surface area (Å²) >= 11 is 0. The van der Waals surface area contributed by atoms with Gasteiger partial charge in [-0.25, -0.2) is 0 Å². The standard InChI is InChI=1S/C12H8N2O3S/c13-8-9-3-5-10(6-4-9)12-11(18(15,16)17)2-1-7-14-12/h1-7H,(H,15,16,17). The molecule has 0 radical (unpaired) electrons. The maximum Gasteiger partial charge on any atom is 0.296 e. The van der Waals surface area contributed by atoms with Crippen molar-refractivity contribution in [1.29, 1.82) is 5.26 Å². The van der Waals surface area contributed by atoms with Crippen molar-refractivity contribution in [2.75, 3.05) is 0 Å². The smallest absolute Gasteiger partial charge is 0.282 e. The van der Waals surface area contributed by atoms with Crippen LogP contribution in [0, 0.1) is 11.3 Å². The normalized spacial score (nSPS) is 10.9. The van der Waals surface area contributed by atoms with E-state index in [-0.39, 0.29) is 10.6 Å². The van der Waals surface area contributed by atoms with Gasteiger partial charge in [-0.2, -0.15) is 13.7 Å². The van der Waals surface area contributed by atoms with E-state index in [4.69, 9.17) is 9.81 Å². The van der Waals surface area contributed by atoms with Crippen LogP contribution in [0.3, 0.4) is 0 Å². The first kappa shape index (κ1) is 12.2. The average molecular weight is 260 g/mol. The molecule has 1 aromatic carbocycles. The van der Waals surface area contributed by atoms with E-state index in [2.05, 4.69) is 4.98 Å². The summed E-state index contributed by atoms with van der Waals surface area (Å²) in [5, 5.41) is 8.68. The number of benzene rings is 1. The van der Waals surface area contributed by atoms with Gasteiger partial charge in [0.05, 0.1) is 17.3 Å². The highest BCUT2D eigenvalue weighted by molar-refractivity contribution is 7.86. The summed E-state index contributed by atoms with van der Waals surface area (Å²) in [4.78, 5) is 3.69. The molecule has 90 valence electrons. The number of hydrogen-bond donors (Lipinski definition) is 1. The molecular formula is C12H8N2O3S. The largest absolute Gasteiger partial charge is 0.296 e. The van der Waals surface area contributed by atoms with Crippen molar-refractivity contribution in [3.8, 4) is 17.3 Å². The third-order valence-corrected chi connectivity index (χ3v) is 3.22. The van der Waals surface area contributed by atoms with Crippen LogP contribution < -0.4 is 0 Å². The third kappa shape index (κ3) is 2.37. The van der Waals surface area contributed by atoms with Gasteiger partial charge in [-0.15, -0.1) is 0 Å². The lowest BCUT2D eigenvalue weighted by Gasteiger charge is -2.05. The minimum Gasteiger partial charge on any atom is -0.282 e. The highest BCUT2D eigenvalue weighted by Gasteiger charge is 2.17. The Kier molecular flexibility index (Phi) is 3.10. The van der Waals surface area contributed by atoms with Crippen molar-refractivity contribution in [2.24, 2.45) is 0 Å². The monoisotopic (exact) mass is 260 g/mol. The van der Waals surface area contributed by atoms with Crippen molar-refractivity contribution in [2.45, 2.75) is 4.90 Å². The van der Waals surface area contributed by atoms with Crippen molar-refractivity contribution < 1.29 is 13.0 Å². The molecule has 0 saturated heterocycles. The predicted octanol–water partition coefficient (Wildman–Crippen LogP) is 1.87. The highest BCUT2D eigenvalue weighted by atomic mass is 32.2. The molecule has 1 aromatic heterocycles. The lowest BCUT2D eigenvalue weighted by atomic mass is 10.1. The molecule has 2 aromatic rings. The fourth-order valence-corrected chi connectivity index (χ4v) is 2.18. The first-order chi connectivity index (χ1) is 8.52. The molecule has 0 unspecified atom stereocenters. The second-order valence-electron chi connectivity index (χ2n) is 3.51. The van der Waals surface area contributed by atoms with Crippen molar-refractivity contribution in [3.63, 3.8) is 0 Å². The summed E-state index contributed by atoms with van der Waals surface area (Å²) in [6.45, 7) is 0. The molecule has 6 heteroatoms. The molecule has 0 aliphatic rings. The Morgan fingerprint density at radius 1 is 1.17 bits per heavy atom. The van der Waals surface area contributed by atoms with E-state index in [1.807, 2.05) is 6.07 Å². The van der Waals surface area contributed by atoms with Gasteiger partial charge in [-0.05, 0) is 24.3 Å². The zero-order valence-corrected chi connectivity index (χ0v) is 9.92. The Hall–Kier alpha value is -2.23. The van der Waals surface area contributed by atoms with Crippen molar-refractivity contribution in [3.05, 3.63) is 48.2 Å². The fraction of sp³-hybridized carbons (Fsp3) is 0. The minimum absolute atomic E-state index is 0.157. The number of nitrogens with zero attached hydrogens (tertiary/aromatic N) is 2. The first-order valence-corrected chi connectivity index (χ1v) is 6.39. The van der Waals surface area contributed by atoms with Gasteiger partial charge in [0.1, 0.15) is 4.90 Å². The summed E-state index contributed by atoms with van der Waals surface area (Å²) < 4.78 is 31.5. The summed E-state index contributed by atoms with van der Waals surface area (Å²) in [6, 6.07) is 10.9. The van der Waals surface area contributed by atoms with Crippen LogP contribution in [0.5, 0.6) is 0 Å². The van der Waals surface area contributed by atoms with Gasteiger partial charge in [-0.1, -0.05) is 12.1 Å². The number of rotatable bonds is 2. The van der Waals surface area contributed by atoms with Crippen molar-refractivity contribution >= 4 is 10.1 Å². The predicted molar refractivity (Wildman–Crippen MR) is 64.2 cm³/mol. The first-order valence-electron chi connectivity index (χ1n) is 4.95. The average Bonchev–Trinajstić information content (AvgIpc) is 2.38. The molecule has 0 fully saturated rings. The van der Waals surface area contributed by atoms with Gasteiger partial charge < -0.3 is 0 Å². The third-order valence-electron chi connectivity index (χ3n) is 2.34. The van der Waals surface area contributed by atoms with Crippen LogP contribution in [0.15, 0.2) is 47.5 Å². The maximum atomic E-state index is 11.2. The van der Waals surface area contributed by atoms with Crippen LogP contribution in [0.2, 0.25) is 0 Å². The Morgan fingerprint density at radius 2 is 1.83 bits per heavy atom. The van der Waals surface area contributed by atoms with Crippen LogP contribution >= 0.6 is 0 Å². The van der Waals surface area contributed by atoms with Crippen LogP contribution in [0.1, 0.15) is 5.56 Å². The Labute approximate surface area is 104 Å². The summed E-state index contributed by atoms with van der Waals surface area (Å²) in [5.74, 6) is 0. The zero-order valence-electron chi connectivity index (χ0n) is 9.11.